The molecule has 1 fully saturated rings. The zero-order valence-electron chi connectivity index (χ0n) is 15.4. The lowest BCUT2D eigenvalue weighted by molar-refractivity contribution is 0.0702. The van der Waals surface area contributed by atoms with Gasteiger partial charge in [0, 0.05) is 24.5 Å². The number of carbonyl (C=O) groups excluding carboxylic acids is 1. The second kappa shape index (κ2) is 7.96. The second-order valence-corrected chi connectivity index (χ2v) is 8.63. The molecular weight excluding hydrogens is 366 g/mol. The van der Waals surface area contributed by atoms with E-state index < -0.39 is 9.84 Å². The molecule has 0 spiro atoms. The molecule has 1 aliphatic rings. The lowest BCUT2D eigenvalue weighted by Gasteiger charge is -2.26. The number of hydrogen-bond acceptors (Lipinski definition) is 6. The first-order valence-electron chi connectivity index (χ1n) is 8.81. The van der Waals surface area contributed by atoms with Crippen molar-refractivity contribution < 1.29 is 17.9 Å². The zero-order valence-corrected chi connectivity index (χ0v) is 16.2. The van der Waals surface area contributed by atoms with E-state index in [1.165, 1.54) is 0 Å². The minimum Gasteiger partial charge on any atom is -0.495 e. The van der Waals surface area contributed by atoms with Crippen LogP contribution in [0.2, 0.25) is 0 Å². The fourth-order valence-electron chi connectivity index (χ4n) is 3.26. The van der Waals surface area contributed by atoms with Crippen LogP contribution < -0.4 is 10.1 Å². The van der Waals surface area contributed by atoms with Crippen LogP contribution in [0.25, 0.3) is 0 Å². The molecule has 2 aromatic rings. The van der Waals surface area contributed by atoms with Crippen molar-refractivity contribution in [1.82, 2.24) is 9.88 Å². The molecule has 1 saturated heterocycles. The van der Waals surface area contributed by atoms with E-state index in [-0.39, 0.29) is 29.1 Å². The molecule has 3 rings (SSSR count). The van der Waals surface area contributed by atoms with Crippen LogP contribution in [-0.2, 0) is 9.84 Å². The number of hydrogen-bond donors (Lipinski definition) is 1. The van der Waals surface area contributed by atoms with Crippen molar-refractivity contribution in [2.75, 3.05) is 30.5 Å². The van der Waals surface area contributed by atoms with E-state index >= 15 is 0 Å². The minimum atomic E-state index is -3.06. The molecule has 0 radical (unpaired) electrons. The van der Waals surface area contributed by atoms with Crippen molar-refractivity contribution in [2.24, 2.45) is 0 Å². The summed E-state index contributed by atoms with van der Waals surface area (Å²) < 4.78 is 28.9. The molecule has 1 atom stereocenters. The summed E-state index contributed by atoms with van der Waals surface area (Å²) in [7, 11) is -1.47. The molecule has 0 bridgehead atoms. The molecule has 1 aliphatic heterocycles. The lowest BCUT2D eigenvalue weighted by atomic mass is 10.2. The number of para-hydroxylation sites is 2. The quantitative estimate of drug-likeness (QED) is 0.817. The number of rotatable bonds is 6. The third kappa shape index (κ3) is 4.39. The van der Waals surface area contributed by atoms with Gasteiger partial charge in [-0.25, -0.2) is 8.42 Å². The molecule has 1 amide bonds. The van der Waals surface area contributed by atoms with Gasteiger partial charge in [-0.05, 0) is 37.6 Å². The number of sulfone groups is 1. The standard InChI is InChI=1S/C19H23N3O4S/c1-3-22(15-9-11-27(24,25)13-15)19(23)17-12-14(8-10-20-17)21-16-6-4-5-7-18(16)26-2/h4-8,10,12,15H,3,9,11,13H2,1-2H3,(H,20,21). The Morgan fingerprint density at radius 2 is 2.11 bits per heavy atom. The maximum atomic E-state index is 12.9. The molecular formula is C19H23N3O4S. The molecule has 27 heavy (non-hydrogen) atoms. The Balaban J connectivity index is 1.81. The van der Waals surface area contributed by atoms with E-state index in [1.807, 2.05) is 31.2 Å². The Labute approximate surface area is 159 Å². The fourth-order valence-corrected chi connectivity index (χ4v) is 5.00. The fraction of sp³-hybridized carbons (Fsp3) is 0.368. The largest absolute Gasteiger partial charge is 0.495 e. The maximum absolute atomic E-state index is 12.9. The number of carbonyl (C=O) groups is 1. The third-order valence-corrected chi connectivity index (χ3v) is 6.37. The highest BCUT2D eigenvalue weighted by molar-refractivity contribution is 7.91. The van der Waals surface area contributed by atoms with Crippen LogP contribution in [0.15, 0.2) is 42.6 Å². The average Bonchev–Trinajstić information content (AvgIpc) is 3.02. The third-order valence-electron chi connectivity index (χ3n) is 4.62. The van der Waals surface area contributed by atoms with Gasteiger partial charge in [-0.1, -0.05) is 12.1 Å². The van der Waals surface area contributed by atoms with E-state index in [0.717, 1.165) is 5.69 Å². The summed E-state index contributed by atoms with van der Waals surface area (Å²) in [5, 5.41) is 3.23. The first-order chi connectivity index (χ1) is 12.9. The predicted octanol–water partition coefficient (Wildman–Crippen LogP) is 2.48. The molecule has 0 saturated carbocycles. The molecule has 1 aromatic heterocycles. The van der Waals surface area contributed by atoms with Crippen molar-refractivity contribution in [3.8, 4) is 5.75 Å². The summed E-state index contributed by atoms with van der Waals surface area (Å²) >= 11 is 0. The van der Waals surface area contributed by atoms with Crippen LogP contribution >= 0.6 is 0 Å². The summed E-state index contributed by atoms with van der Waals surface area (Å²) in [4.78, 5) is 18.7. The molecule has 1 aromatic carbocycles. The Morgan fingerprint density at radius 3 is 2.78 bits per heavy atom. The zero-order chi connectivity index (χ0) is 19.4. The van der Waals surface area contributed by atoms with Crippen LogP contribution in [0.1, 0.15) is 23.8 Å². The van der Waals surface area contributed by atoms with E-state index in [2.05, 4.69) is 10.3 Å². The lowest BCUT2D eigenvalue weighted by Crippen LogP contribution is -2.41. The number of pyridine rings is 1. The number of nitrogens with zero attached hydrogens (tertiary/aromatic N) is 2. The van der Waals surface area contributed by atoms with E-state index in [9.17, 15) is 13.2 Å². The number of benzene rings is 1. The minimum absolute atomic E-state index is 0.0196. The van der Waals surface area contributed by atoms with Gasteiger partial charge in [0.25, 0.3) is 5.91 Å². The van der Waals surface area contributed by atoms with Crippen molar-refractivity contribution in [1.29, 1.82) is 0 Å². The van der Waals surface area contributed by atoms with Gasteiger partial charge in [0.05, 0.1) is 24.3 Å². The van der Waals surface area contributed by atoms with Gasteiger partial charge in [-0.3, -0.25) is 9.78 Å². The van der Waals surface area contributed by atoms with E-state index in [1.54, 1.807) is 30.3 Å². The van der Waals surface area contributed by atoms with Crippen LogP contribution in [-0.4, -0.2) is 55.4 Å². The monoisotopic (exact) mass is 389 g/mol. The summed E-state index contributed by atoms with van der Waals surface area (Å²) in [6.07, 6.45) is 2.03. The summed E-state index contributed by atoms with van der Waals surface area (Å²) in [6, 6.07) is 10.6. The van der Waals surface area contributed by atoms with Gasteiger partial charge >= 0.3 is 0 Å². The second-order valence-electron chi connectivity index (χ2n) is 6.40. The van der Waals surface area contributed by atoms with Crippen molar-refractivity contribution in [2.45, 2.75) is 19.4 Å². The van der Waals surface area contributed by atoms with Crippen LogP contribution in [0.3, 0.4) is 0 Å². The molecule has 2 heterocycles. The Hall–Kier alpha value is -2.61. The first kappa shape index (κ1) is 19.2. The molecule has 1 unspecified atom stereocenters. The molecule has 8 heteroatoms. The number of methoxy groups -OCH3 is 1. The summed E-state index contributed by atoms with van der Waals surface area (Å²) in [5.41, 5.74) is 1.76. The Morgan fingerprint density at radius 1 is 1.33 bits per heavy atom. The topological polar surface area (TPSA) is 88.6 Å². The molecule has 1 N–H and O–H groups in total. The van der Waals surface area contributed by atoms with Crippen LogP contribution in [0, 0.1) is 0 Å². The smallest absolute Gasteiger partial charge is 0.272 e. The first-order valence-corrected chi connectivity index (χ1v) is 10.6. The highest BCUT2D eigenvalue weighted by Gasteiger charge is 2.34. The highest BCUT2D eigenvalue weighted by atomic mass is 32.2. The highest BCUT2D eigenvalue weighted by Crippen LogP contribution is 2.27. The van der Waals surface area contributed by atoms with Crippen molar-refractivity contribution in [3.05, 3.63) is 48.3 Å². The van der Waals surface area contributed by atoms with Crippen molar-refractivity contribution >= 4 is 27.1 Å². The van der Waals surface area contributed by atoms with Crippen LogP contribution in [0.4, 0.5) is 11.4 Å². The van der Waals surface area contributed by atoms with Crippen LogP contribution in [0.5, 0.6) is 5.75 Å². The van der Waals surface area contributed by atoms with Gasteiger partial charge in [-0.2, -0.15) is 0 Å². The van der Waals surface area contributed by atoms with Gasteiger partial charge in [0.15, 0.2) is 9.84 Å². The summed E-state index contributed by atoms with van der Waals surface area (Å²) in [6.45, 7) is 2.28. The summed E-state index contributed by atoms with van der Waals surface area (Å²) in [5.74, 6) is 0.576. The Bertz CT molecular complexity index is 930. The SMILES string of the molecule is CCN(C(=O)c1cc(Nc2ccccc2OC)ccn1)C1CCS(=O)(=O)C1. The van der Waals surface area contributed by atoms with Crippen molar-refractivity contribution in [3.63, 3.8) is 0 Å². The van der Waals surface area contributed by atoms with Gasteiger partial charge in [0.1, 0.15) is 11.4 Å². The number of ether oxygens (including phenoxy) is 1. The van der Waals surface area contributed by atoms with Gasteiger partial charge in [0.2, 0.25) is 0 Å². The van der Waals surface area contributed by atoms with E-state index in [0.29, 0.717) is 24.4 Å². The number of nitrogens with one attached hydrogen (secondary N) is 1. The number of amides is 1. The number of aromatic nitrogens is 1. The average molecular weight is 389 g/mol. The maximum Gasteiger partial charge on any atom is 0.272 e. The number of anilines is 2. The van der Waals surface area contributed by atoms with E-state index in [4.69, 9.17) is 4.74 Å². The predicted molar refractivity (Wildman–Crippen MR) is 104 cm³/mol. The van der Waals surface area contributed by atoms with Gasteiger partial charge in [-0.15, -0.1) is 0 Å². The normalized spacial score (nSPS) is 18.1. The molecule has 7 nitrogen and oxygen atoms in total. The van der Waals surface area contributed by atoms with Gasteiger partial charge < -0.3 is 15.0 Å². The Kier molecular flexibility index (Phi) is 5.65. The molecule has 144 valence electrons. The molecule has 0 aliphatic carbocycles.